The van der Waals surface area contributed by atoms with Gasteiger partial charge >= 0.3 is 0 Å². The Labute approximate surface area is 126 Å². The lowest BCUT2D eigenvalue weighted by molar-refractivity contribution is -0.133. The zero-order chi connectivity index (χ0) is 15.2. The van der Waals surface area contributed by atoms with Gasteiger partial charge in [0.2, 0.25) is 5.91 Å². The largest absolute Gasteiger partial charge is 0.381 e. The summed E-state index contributed by atoms with van der Waals surface area (Å²) in [6, 6.07) is 6.94. The maximum absolute atomic E-state index is 13.7. The molecule has 4 heteroatoms. The highest BCUT2D eigenvalue weighted by Gasteiger charge is 2.32. The molecule has 21 heavy (non-hydrogen) atoms. The molecule has 0 aliphatic heterocycles. The lowest BCUT2D eigenvalue weighted by atomic mass is 10.2. The van der Waals surface area contributed by atoms with Crippen molar-refractivity contribution in [3.63, 3.8) is 0 Å². The Morgan fingerprint density at radius 2 is 2.10 bits per heavy atom. The molecule has 0 bridgehead atoms. The summed E-state index contributed by atoms with van der Waals surface area (Å²) in [7, 11) is 0. The van der Waals surface area contributed by atoms with Crippen LogP contribution in [-0.4, -0.2) is 30.1 Å². The molecule has 1 aromatic rings. The van der Waals surface area contributed by atoms with Gasteiger partial charge in [-0.1, -0.05) is 32.0 Å². The van der Waals surface area contributed by atoms with E-state index in [0.29, 0.717) is 37.7 Å². The summed E-state index contributed by atoms with van der Waals surface area (Å²) in [5.41, 5.74) is 0.584. The second-order valence-corrected chi connectivity index (χ2v) is 6.06. The van der Waals surface area contributed by atoms with E-state index in [9.17, 15) is 9.18 Å². The van der Waals surface area contributed by atoms with Gasteiger partial charge in [-0.25, -0.2) is 4.39 Å². The van der Waals surface area contributed by atoms with Crippen LogP contribution in [0.2, 0.25) is 0 Å². The van der Waals surface area contributed by atoms with Crippen LogP contribution in [0.4, 0.5) is 4.39 Å². The van der Waals surface area contributed by atoms with Crippen LogP contribution in [0.15, 0.2) is 24.3 Å². The molecule has 1 aromatic carbocycles. The van der Waals surface area contributed by atoms with E-state index in [-0.39, 0.29) is 17.8 Å². The standard InChI is InChI=1S/C17H24FNO2/c1-13(2)12-21-10-9-17(20)19(15-7-8-15)11-14-5-3-4-6-16(14)18/h3-6,13,15H,7-12H2,1-2H3. The van der Waals surface area contributed by atoms with Crippen molar-refractivity contribution in [2.75, 3.05) is 13.2 Å². The van der Waals surface area contributed by atoms with Crippen molar-refractivity contribution in [3.05, 3.63) is 35.6 Å². The molecule has 2 rings (SSSR count). The summed E-state index contributed by atoms with van der Waals surface area (Å²) in [6.07, 6.45) is 2.41. The van der Waals surface area contributed by atoms with Gasteiger partial charge in [-0.2, -0.15) is 0 Å². The fourth-order valence-corrected chi connectivity index (χ4v) is 2.24. The Balaban J connectivity index is 1.87. The molecule has 1 fully saturated rings. The molecule has 1 aliphatic rings. The monoisotopic (exact) mass is 293 g/mol. The molecule has 0 atom stereocenters. The Morgan fingerprint density at radius 3 is 2.71 bits per heavy atom. The summed E-state index contributed by atoms with van der Waals surface area (Å²) in [4.78, 5) is 14.1. The molecule has 0 radical (unpaired) electrons. The van der Waals surface area contributed by atoms with Crippen LogP contribution in [-0.2, 0) is 16.1 Å². The number of ether oxygens (including phenoxy) is 1. The van der Waals surface area contributed by atoms with Crippen LogP contribution in [0.5, 0.6) is 0 Å². The molecular formula is C17H24FNO2. The van der Waals surface area contributed by atoms with E-state index in [1.807, 2.05) is 0 Å². The Morgan fingerprint density at radius 1 is 1.38 bits per heavy atom. The predicted molar refractivity (Wildman–Crippen MR) is 80.2 cm³/mol. The first kappa shape index (κ1) is 16.0. The normalized spacial score (nSPS) is 14.5. The molecule has 0 heterocycles. The first-order chi connectivity index (χ1) is 10.1. The second kappa shape index (κ2) is 7.55. The van der Waals surface area contributed by atoms with Crippen molar-refractivity contribution in [1.82, 2.24) is 4.90 Å². The van der Waals surface area contributed by atoms with Crippen LogP contribution in [0.1, 0.15) is 38.7 Å². The van der Waals surface area contributed by atoms with Gasteiger partial charge < -0.3 is 9.64 Å². The molecule has 116 valence electrons. The third kappa shape index (κ3) is 5.12. The Bertz CT molecular complexity index is 472. The van der Waals surface area contributed by atoms with Crippen LogP contribution >= 0.6 is 0 Å². The van der Waals surface area contributed by atoms with Crippen LogP contribution < -0.4 is 0 Å². The molecule has 3 nitrogen and oxygen atoms in total. The number of hydrogen-bond donors (Lipinski definition) is 0. The molecule has 0 aromatic heterocycles. The van der Waals surface area contributed by atoms with E-state index in [0.717, 1.165) is 12.8 Å². The first-order valence-corrected chi connectivity index (χ1v) is 7.68. The highest BCUT2D eigenvalue weighted by molar-refractivity contribution is 5.77. The molecule has 0 saturated heterocycles. The topological polar surface area (TPSA) is 29.5 Å². The molecule has 1 saturated carbocycles. The van der Waals surface area contributed by atoms with E-state index in [1.165, 1.54) is 6.07 Å². The van der Waals surface area contributed by atoms with Gasteiger partial charge in [-0.05, 0) is 24.8 Å². The predicted octanol–water partition coefficient (Wildman–Crippen LogP) is 3.38. The highest BCUT2D eigenvalue weighted by atomic mass is 19.1. The van der Waals surface area contributed by atoms with Crippen molar-refractivity contribution in [3.8, 4) is 0 Å². The quantitative estimate of drug-likeness (QED) is 0.688. The number of rotatable bonds is 8. The SMILES string of the molecule is CC(C)COCCC(=O)N(Cc1ccccc1F)C1CC1. The second-order valence-electron chi connectivity index (χ2n) is 6.06. The third-order valence-electron chi connectivity index (χ3n) is 3.52. The molecule has 0 unspecified atom stereocenters. The minimum atomic E-state index is -0.244. The minimum Gasteiger partial charge on any atom is -0.381 e. The van der Waals surface area contributed by atoms with Crippen LogP contribution in [0.25, 0.3) is 0 Å². The molecule has 0 N–H and O–H groups in total. The summed E-state index contributed by atoms with van der Waals surface area (Å²) < 4.78 is 19.2. The van der Waals surface area contributed by atoms with Crippen LogP contribution in [0.3, 0.4) is 0 Å². The van der Waals surface area contributed by atoms with E-state index in [4.69, 9.17) is 4.74 Å². The number of benzene rings is 1. The fraction of sp³-hybridized carbons (Fsp3) is 0.588. The maximum atomic E-state index is 13.7. The minimum absolute atomic E-state index is 0.0597. The van der Waals surface area contributed by atoms with Crippen molar-refractivity contribution in [1.29, 1.82) is 0 Å². The average molecular weight is 293 g/mol. The summed E-state index contributed by atoms with van der Waals surface area (Å²) in [5.74, 6) is 0.287. The van der Waals surface area contributed by atoms with E-state index in [2.05, 4.69) is 13.8 Å². The fourth-order valence-electron chi connectivity index (χ4n) is 2.24. The summed E-state index contributed by atoms with van der Waals surface area (Å²) in [6.45, 7) is 5.63. The number of hydrogen-bond acceptors (Lipinski definition) is 2. The molecule has 0 spiro atoms. The van der Waals surface area contributed by atoms with Gasteiger partial charge in [-0.3, -0.25) is 4.79 Å². The summed E-state index contributed by atoms with van der Waals surface area (Å²) in [5, 5.41) is 0. The van der Waals surface area contributed by atoms with Crippen molar-refractivity contribution >= 4 is 5.91 Å². The van der Waals surface area contributed by atoms with Gasteiger partial charge in [0.1, 0.15) is 5.82 Å². The number of amides is 1. The van der Waals surface area contributed by atoms with Crippen molar-refractivity contribution in [2.24, 2.45) is 5.92 Å². The van der Waals surface area contributed by atoms with Gasteiger partial charge in [0.25, 0.3) is 0 Å². The maximum Gasteiger partial charge on any atom is 0.225 e. The lowest BCUT2D eigenvalue weighted by Crippen LogP contribution is -2.33. The molecule has 1 aliphatic carbocycles. The highest BCUT2D eigenvalue weighted by Crippen LogP contribution is 2.29. The zero-order valence-corrected chi connectivity index (χ0v) is 12.8. The van der Waals surface area contributed by atoms with E-state index < -0.39 is 0 Å². The van der Waals surface area contributed by atoms with Gasteiger partial charge in [0.05, 0.1) is 13.0 Å². The number of carbonyl (C=O) groups is 1. The zero-order valence-electron chi connectivity index (χ0n) is 12.8. The molecule has 1 amide bonds. The Kier molecular flexibility index (Phi) is 5.74. The van der Waals surface area contributed by atoms with Crippen molar-refractivity contribution < 1.29 is 13.9 Å². The third-order valence-corrected chi connectivity index (χ3v) is 3.52. The van der Waals surface area contributed by atoms with E-state index >= 15 is 0 Å². The molecular weight excluding hydrogens is 269 g/mol. The van der Waals surface area contributed by atoms with Gasteiger partial charge in [0.15, 0.2) is 0 Å². The van der Waals surface area contributed by atoms with Gasteiger partial charge in [-0.15, -0.1) is 0 Å². The number of nitrogens with zero attached hydrogens (tertiary/aromatic N) is 1. The Hall–Kier alpha value is -1.42. The van der Waals surface area contributed by atoms with Gasteiger partial charge in [0, 0.05) is 24.8 Å². The van der Waals surface area contributed by atoms with E-state index in [1.54, 1.807) is 23.1 Å². The first-order valence-electron chi connectivity index (χ1n) is 7.68. The number of carbonyl (C=O) groups excluding carboxylic acids is 1. The summed E-state index contributed by atoms with van der Waals surface area (Å²) >= 11 is 0. The van der Waals surface area contributed by atoms with Crippen molar-refractivity contribution in [2.45, 2.75) is 45.7 Å². The average Bonchev–Trinajstić information content (AvgIpc) is 3.27. The number of halogens is 1. The lowest BCUT2D eigenvalue weighted by Gasteiger charge is -2.23. The smallest absolute Gasteiger partial charge is 0.225 e. The van der Waals surface area contributed by atoms with Crippen LogP contribution in [0, 0.1) is 11.7 Å².